The Morgan fingerprint density at radius 2 is 2.08 bits per heavy atom. The highest BCUT2D eigenvalue weighted by atomic mass is 32.2. The van der Waals surface area contributed by atoms with E-state index >= 15 is 0 Å². The van der Waals surface area contributed by atoms with Crippen LogP contribution in [0.3, 0.4) is 0 Å². The molecule has 0 aromatic carbocycles. The van der Waals surface area contributed by atoms with E-state index in [1.54, 1.807) is 19.9 Å². The van der Waals surface area contributed by atoms with Crippen LogP contribution in [0.1, 0.15) is 17.1 Å². The van der Waals surface area contributed by atoms with Crippen LogP contribution in [0.4, 0.5) is 0 Å². The van der Waals surface area contributed by atoms with E-state index in [9.17, 15) is 8.42 Å². The third-order valence-corrected chi connectivity index (χ3v) is 2.12. The molecule has 1 aromatic heterocycles. The first kappa shape index (κ1) is 10.3. The van der Waals surface area contributed by atoms with Gasteiger partial charge in [-0.25, -0.2) is 0 Å². The van der Waals surface area contributed by atoms with Gasteiger partial charge in [0.05, 0.1) is 12.9 Å². The lowest BCUT2D eigenvalue weighted by molar-refractivity contribution is 0.309. The quantitative estimate of drug-likeness (QED) is 0.698. The largest absolute Gasteiger partial charge is 0.466 e. The van der Waals surface area contributed by atoms with Crippen molar-refractivity contribution in [2.75, 3.05) is 6.26 Å². The smallest absolute Gasteiger partial charge is 0.264 e. The number of hydrogen-bond donors (Lipinski definition) is 0. The van der Waals surface area contributed by atoms with Crippen LogP contribution in [-0.2, 0) is 20.9 Å². The molecule has 0 saturated carbocycles. The first-order valence-electron chi connectivity index (χ1n) is 3.79. The Bertz CT molecular complexity index is 388. The van der Waals surface area contributed by atoms with E-state index in [2.05, 4.69) is 4.18 Å². The molecular formula is C8H12O4S. The molecule has 0 spiro atoms. The second kappa shape index (κ2) is 3.51. The van der Waals surface area contributed by atoms with Crippen LogP contribution in [0.5, 0.6) is 0 Å². The summed E-state index contributed by atoms with van der Waals surface area (Å²) in [7, 11) is -3.37. The summed E-state index contributed by atoms with van der Waals surface area (Å²) in [4.78, 5) is 0. The maximum absolute atomic E-state index is 10.7. The molecule has 0 bridgehead atoms. The molecule has 0 atom stereocenters. The monoisotopic (exact) mass is 204 g/mol. The van der Waals surface area contributed by atoms with E-state index in [1.165, 1.54) is 0 Å². The van der Waals surface area contributed by atoms with Crippen LogP contribution in [0.15, 0.2) is 10.5 Å². The van der Waals surface area contributed by atoms with Crippen molar-refractivity contribution >= 4 is 10.1 Å². The molecule has 0 amide bonds. The normalized spacial score (nSPS) is 11.9. The van der Waals surface area contributed by atoms with Gasteiger partial charge in [-0.15, -0.1) is 0 Å². The Hall–Kier alpha value is -0.810. The van der Waals surface area contributed by atoms with Crippen molar-refractivity contribution in [3.05, 3.63) is 23.2 Å². The van der Waals surface area contributed by atoms with Gasteiger partial charge in [-0.2, -0.15) is 8.42 Å². The highest BCUT2D eigenvalue weighted by Gasteiger charge is 2.08. The number of rotatable bonds is 3. The third kappa shape index (κ3) is 3.20. The van der Waals surface area contributed by atoms with Gasteiger partial charge in [-0.05, 0) is 19.9 Å². The van der Waals surface area contributed by atoms with Gasteiger partial charge in [0.15, 0.2) is 0 Å². The van der Waals surface area contributed by atoms with Gasteiger partial charge in [0.25, 0.3) is 10.1 Å². The van der Waals surface area contributed by atoms with Crippen LogP contribution < -0.4 is 0 Å². The van der Waals surface area contributed by atoms with E-state index in [0.29, 0.717) is 5.76 Å². The molecular weight excluding hydrogens is 192 g/mol. The molecule has 1 rings (SSSR count). The SMILES string of the molecule is Cc1cc(COS(C)(=O)=O)c(C)o1. The van der Waals surface area contributed by atoms with Crippen molar-refractivity contribution in [1.29, 1.82) is 0 Å². The van der Waals surface area contributed by atoms with Gasteiger partial charge in [0.1, 0.15) is 11.5 Å². The fourth-order valence-corrected chi connectivity index (χ4v) is 1.34. The summed E-state index contributed by atoms with van der Waals surface area (Å²) in [6, 6.07) is 1.76. The van der Waals surface area contributed by atoms with Gasteiger partial charge in [0.2, 0.25) is 0 Å². The highest BCUT2D eigenvalue weighted by molar-refractivity contribution is 7.85. The Morgan fingerprint density at radius 3 is 2.46 bits per heavy atom. The maximum atomic E-state index is 10.7. The average molecular weight is 204 g/mol. The van der Waals surface area contributed by atoms with Crippen LogP contribution in [0.2, 0.25) is 0 Å². The second-order valence-corrected chi connectivity index (χ2v) is 4.55. The zero-order chi connectivity index (χ0) is 10.1. The van der Waals surface area contributed by atoms with Gasteiger partial charge >= 0.3 is 0 Å². The molecule has 5 heteroatoms. The van der Waals surface area contributed by atoms with Crippen LogP contribution in [-0.4, -0.2) is 14.7 Å². The molecule has 74 valence electrons. The summed E-state index contributed by atoms with van der Waals surface area (Å²) in [6.45, 7) is 3.62. The van der Waals surface area contributed by atoms with Crippen molar-refractivity contribution in [2.45, 2.75) is 20.5 Å². The van der Waals surface area contributed by atoms with Crippen molar-refractivity contribution < 1.29 is 17.0 Å². The van der Waals surface area contributed by atoms with Gasteiger partial charge in [-0.3, -0.25) is 4.18 Å². The number of hydrogen-bond acceptors (Lipinski definition) is 4. The molecule has 0 N–H and O–H groups in total. The molecule has 0 unspecified atom stereocenters. The van der Waals surface area contributed by atoms with Crippen molar-refractivity contribution in [2.24, 2.45) is 0 Å². The predicted octanol–water partition coefficient (Wildman–Crippen LogP) is 1.37. The lowest BCUT2D eigenvalue weighted by Gasteiger charge is -1.98. The minimum atomic E-state index is -3.37. The van der Waals surface area contributed by atoms with Crippen LogP contribution in [0.25, 0.3) is 0 Å². The fourth-order valence-electron chi connectivity index (χ4n) is 0.997. The lowest BCUT2D eigenvalue weighted by Crippen LogP contribution is -2.02. The van der Waals surface area contributed by atoms with Gasteiger partial charge < -0.3 is 4.42 Å². The first-order valence-corrected chi connectivity index (χ1v) is 5.60. The summed E-state index contributed by atoms with van der Waals surface area (Å²) in [5, 5.41) is 0. The zero-order valence-electron chi connectivity index (χ0n) is 7.83. The topological polar surface area (TPSA) is 56.5 Å². The molecule has 0 saturated heterocycles. The lowest BCUT2D eigenvalue weighted by atomic mass is 10.3. The predicted molar refractivity (Wildman–Crippen MR) is 47.8 cm³/mol. The summed E-state index contributed by atoms with van der Waals surface area (Å²) >= 11 is 0. The Labute approximate surface area is 77.6 Å². The minimum Gasteiger partial charge on any atom is -0.466 e. The summed E-state index contributed by atoms with van der Waals surface area (Å²) in [5.41, 5.74) is 0.767. The Balaban J connectivity index is 2.70. The summed E-state index contributed by atoms with van der Waals surface area (Å²) in [6.07, 6.45) is 1.02. The molecule has 0 radical (unpaired) electrons. The number of aryl methyl sites for hydroxylation is 2. The molecule has 13 heavy (non-hydrogen) atoms. The molecule has 4 nitrogen and oxygen atoms in total. The van der Waals surface area contributed by atoms with Crippen LogP contribution in [0, 0.1) is 13.8 Å². The molecule has 0 aliphatic heterocycles. The van der Waals surface area contributed by atoms with E-state index < -0.39 is 10.1 Å². The first-order chi connectivity index (χ1) is 5.88. The molecule has 0 aliphatic carbocycles. The molecule has 0 aliphatic rings. The third-order valence-electron chi connectivity index (χ3n) is 1.57. The second-order valence-electron chi connectivity index (χ2n) is 2.90. The average Bonchev–Trinajstić information content (AvgIpc) is 2.24. The minimum absolute atomic E-state index is 0.0437. The Morgan fingerprint density at radius 1 is 1.46 bits per heavy atom. The molecule has 1 heterocycles. The van der Waals surface area contributed by atoms with E-state index in [1.807, 2.05) is 0 Å². The summed E-state index contributed by atoms with van der Waals surface area (Å²) in [5.74, 6) is 1.45. The number of furan rings is 1. The molecule has 1 aromatic rings. The van der Waals surface area contributed by atoms with Crippen molar-refractivity contribution in [1.82, 2.24) is 0 Å². The standard InChI is InChI=1S/C8H12O4S/c1-6-4-8(7(2)12-6)5-11-13(3,9)10/h4H,5H2,1-3H3. The van der Waals surface area contributed by atoms with Crippen molar-refractivity contribution in [3.8, 4) is 0 Å². The van der Waals surface area contributed by atoms with Gasteiger partial charge in [-0.1, -0.05) is 0 Å². The van der Waals surface area contributed by atoms with Crippen molar-refractivity contribution in [3.63, 3.8) is 0 Å². The van der Waals surface area contributed by atoms with E-state index in [0.717, 1.165) is 17.6 Å². The summed E-state index contributed by atoms with van der Waals surface area (Å²) < 4.78 is 31.2. The Kier molecular flexibility index (Phi) is 2.77. The van der Waals surface area contributed by atoms with Gasteiger partial charge in [0, 0.05) is 5.56 Å². The zero-order valence-corrected chi connectivity index (χ0v) is 8.64. The van der Waals surface area contributed by atoms with E-state index in [-0.39, 0.29) is 6.61 Å². The molecule has 0 fully saturated rings. The maximum Gasteiger partial charge on any atom is 0.264 e. The highest BCUT2D eigenvalue weighted by Crippen LogP contribution is 2.15. The van der Waals surface area contributed by atoms with E-state index in [4.69, 9.17) is 4.42 Å². The fraction of sp³-hybridized carbons (Fsp3) is 0.500. The van der Waals surface area contributed by atoms with Crippen LogP contribution >= 0.6 is 0 Å².